The lowest BCUT2D eigenvalue weighted by Crippen LogP contribution is -1.99. The van der Waals surface area contributed by atoms with Crippen LogP contribution in [0.4, 0.5) is 0 Å². The SMILES string of the molecule is Cc1cc(C[S@@](=O)Cc2csc(-c3cccs3)n2)on1. The summed E-state index contributed by atoms with van der Waals surface area (Å²) in [7, 11) is -1.03. The Balaban J connectivity index is 1.64. The second kappa shape index (κ2) is 5.99. The van der Waals surface area contributed by atoms with Crippen LogP contribution >= 0.6 is 22.7 Å². The smallest absolute Gasteiger partial charge is 0.149 e. The predicted octanol–water partition coefficient (Wildman–Crippen LogP) is 3.62. The maximum absolute atomic E-state index is 12.1. The van der Waals surface area contributed by atoms with Gasteiger partial charge in [0, 0.05) is 22.2 Å². The average Bonchev–Trinajstić information content (AvgIpc) is 3.10. The maximum Gasteiger partial charge on any atom is 0.149 e. The molecule has 0 aromatic carbocycles. The van der Waals surface area contributed by atoms with Crippen LogP contribution in [0.15, 0.2) is 33.5 Å². The molecule has 0 aliphatic heterocycles. The number of hydrogen-bond acceptors (Lipinski definition) is 6. The van der Waals surface area contributed by atoms with E-state index in [4.69, 9.17) is 4.52 Å². The maximum atomic E-state index is 12.1. The molecule has 1 atom stereocenters. The third kappa shape index (κ3) is 3.23. The van der Waals surface area contributed by atoms with Gasteiger partial charge >= 0.3 is 0 Å². The van der Waals surface area contributed by atoms with E-state index in [1.807, 2.05) is 35.9 Å². The van der Waals surface area contributed by atoms with Gasteiger partial charge in [0.2, 0.25) is 0 Å². The molecule has 0 aliphatic rings. The molecule has 0 saturated heterocycles. The molecular weight excluding hydrogens is 312 g/mol. The lowest BCUT2D eigenvalue weighted by molar-refractivity contribution is 0.390. The first-order chi connectivity index (χ1) is 9.70. The minimum atomic E-state index is -1.03. The Hall–Kier alpha value is -1.31. The van der Waals surface area contributed by atoms with E-state index in [2.05, 4.69) is 10.1 Å². The molecule has 20 heavy (non-hydrogen) atoms. The van der Waals surface area contributed by atoms with Gasteiger partial charge in [-0.15, -0.1) is 22.7 Å². The largest absolute Gasteiger partial charge is 0.360 e. The Morgan fingerprint density at radius 2 is 2.25 bits per heavy atom. The first-order valence-electron chi connectivity index (χ1n) is 5.96. The number of aryl methyl sites for hydroxylation is 1. The molecule has 3 aromatic rings. The van der Waals surface area contributed by atoms with Gasteiger partial charge in [-0.1, -0.05) is 11.2 Å². The van der Waals surface area contributed by atoms with E-state index < -0.39 is 10.8 Å². The first kappa shape index (κ1) is 13.7. The lowest BCUT2D eigenvalue weighted by atomic mass is 10.4. The molecule has 0 N–H and O–H groups in total. The number of thiazole rings is 1. The van der Waals surface area contributed by atoms with Crippen LogP contribution in [0.25, 0.3) is 9.88 Å². The van der Waals surface area contributed by atoms with Crippen LogP contribution in [0.3, 0.4) is 0 Å². The van der Waals surface area contributed by atoms with E-state index >= 15 is 0 Å². The van der Waals surface area contributed by atoms with Crippen LogP contribution in [-0.2, 0) is 22.3 Å². The summed E-state index contributed by atoms with van der Waals surface area (Å²) in [6.07, 6.45) is 0. The summed E-state index contributed by atoms with van der Waals surface area (Å²) < 4.78 is 17.2. The van der Waals surface area contributed by atoms with E-state index in [1.165, 1.54) is 0 Å². The predicted molar refractivity (Wildman–Crippen MR) is 82.2 cm³/mol. The molecule has 0 amide bonds. The van der Waals surface area contributed by atoms with Gasteiger partial charge in [0.15, 0.2) is 0 Å². The molecule has 0 saturated carbocycles. The van der Waals surface area contributed by atoms with Gasteiger partial charge in [-0.25, -0.2) is 4.98 Å². The number of hydrogen-bond donors (Lipinski definition) is 0. The Morgan fingerprint density at radius 1 is 1.35 bits per heavy atom. The van der Waals surface area contributed by atoms with Gasteiger partial charge < -0.3 is 4.52 Å². The molecule has 0 unspecified atom stereocenters. The summed E-state index contributed by atoms with van der Waals surface area (Å²) >= 11 is 3.25. The van der Waals surface area contributed by atoms with Crippen LogP contribution in [-0.4, -0.2) is 14.3 Å². The highest BCUT2D eigenvalue weighted by Crippen LogP contribution is 2.28. The summed E-state index contributed by atoms with van der Waals surface area (Å²) in [6.45, 7) is 1.85. The zero-order valence-corrected chi connectivity index (χ0v) is 13.2. The minimum absolute atomic E-state index is 0.382. The third-order valence-electron chi connectivity index (χ3n) is 2.57. The van der Waals surface area contributed by atoms with Crippen molar-refractivity contribution < 1.29 is 8.73 Å². The zero-order chi connectivity index (χ0) is 13.9. The molecule has 3 heterocycles. The Bertz CT molecular complexity index is 716. The molecule has 3 aromatic heterocycles. The molecule has 104 valence electrons. The normalized spacial score (nSPS) is 12.7. The van der Waals surface area contributed by atoms with Crippen molar-refractivity contribution >= 4 is 33.5 Å². The highest BCUT2D eigenvalue weighted by Gasteiger charge is 2.11. The average molecular weight is 324 g/mol. The third-order valence-corrected chi connectivity index (χ3v) is 5.73. The standard InChI is InChI=1S/C13H12N2O2S3/c1-9-5-11(17-15-9)8-20(16)7-10-6-19-13(14-10)12-3-2-4-18-12/h2-6H,7-8H2,1H3/t20-/m0/s1. The summed E-state index contributed by atoms with van der Waals surface area (Å²) in [4.78, 5) is 5.68. The van der Waals surface area contributed by atoms with Crippen LogP contribution in [0.1, 0.15) is 17.1 Å². The van der Waals surface area contributed by atoms with Crippen LogP contribution in [0, 0.1) is 6.92 Å². The quantitative estimate of drug-likeness (QED) is 0.719. The van der Waals surface area contributed by atoms with Gasteiger partial charge in [-0.05, 0) is 18.4 Å². The van der Waals surface area contributed by atoms with Crippen molar-refractivity contribution in [2.24, 2.45) is 0 Å². The molecule has 7 heteroatoms. The summed E-state index contributed by atoms with van der Waals surface area (Å²) in [5, 5.41) is 8.78. The van der Waals surface area contributed by atoms with E-state index in [0.29, 0.717) is 17.3 Å². The van der Waals surface area contributed by atoms with E-state index in [0.717, 1.165) is 21.3 Å². The first-order valence-corrected chi connectivity index (χ1v) is 9.21. The van der Waals surface area contributed by atoms with Gasteiger partial charge in [0.25, 0.3) is 0 Å². The fourth-order valence-corrected chi connectivity index (χ4v) is 4.52. The van der Waals surface area contributed by atoms with Crippen molar-refractivity contribution in [1.29, 1.82) is 0 Å². The summed E-state index contributed by atoms with van der Waals surface area (Å²) in [5.41, 5.74) is 1.68. The topological polar surface area (TPSA) is 56.0 Å². The number of aromatic nitrogens is 2. The van der Waals surface area contributed by atoms with Crippen LogP contribution < -0.4 is 0 Å². The summed E-state index contributed by atoms with van der Waals surface area (Å²) in [5.74, 6) is 1.49. The second-order valence-electron chi connectivity index (χ2n) is 4.28. The van der Waals surface area contributed by atoms with Gasteiger partial charge in [0.05, 0.1) is 27.8 Å². The highest BCUT2D eigenvalue weighted by atomic mass is 32.2. The van der Waals surface area contributed by atoms with Gasteiger partial charge in [0.1, 0.15) is 10.8 Å². The molecule has 0 spiro atoms. The fourth-order valence-electron chi connectivity index (χ4n) is 1.75. The number of thiophene rings is 1. The van der Waals surface area contributed by atoms with Crippen molar-refractivity contribution in [3.63, 3.8) is 0 Å². The Labute approximate surface area is 126 Å². The van der Waals surface area contributed by atoms with Gasteiger partial charge in [-0.3, -0.25) is 4.21 Å². The number of rotatable bonds is 5. The Morgan fingerprint density at radius 3 is 2.95 bits per heavy atom. The van der Waals surface area contributed by atoms with E-state index in [1.54, 1.807) is 22.7 Å². The Kier molecular flexibility index (Phi) is 4.09. The summed E-state index contributed by atoms with van der Waals surface area (Å²) in [6, 6.07) is 5.86. The molecule has 0 fully saturated rings. The molecule has 0 bridgehead atoms. The van der Waals surface area contributed by atoms with Crippen LogP contribution in [0.2, 0.25) is 0 Å². The number of nitrogens with zero attached hydrogens (tertiary/aromatic N) is 2. The zero-order valence-electron chi connectivity index (χ0n) is 10.7. The van der Waals surface area contributed by atoms with Gasteiger partial charge in [-0.2, -0.15) is 0 Å². The van der Waals surface area contributed by atoms with Crippen LogP contribution in [0.5, 0.6) is 0 Å². The molecular formula is C13H12N2O2S3. The molecule has 3 rings (SSSR count). The van der Waals surface area contributed by atoms with Crippen molar-refractivity contribution in [3.05, 3.63) is 46.1 Å². The fraction of sp³-hybridized carbons (Fsp3) is 0.231. The van der Waals surface area contributed by atoms with Crippen molar-refractivity contribution in [3.8, 4) is 9.88 Å². The second-order valence-corrected chi connectivity index (χ2v) is 7.55. The minimum Gasteiger partial charge on any atom is -0.360 e. The van der Waals surface area contributed by atoms with Crippen molar-refractivity contribution in [2.75, 3.05) is 0 Å². The monoisotopic (exact) mass is 324 g/mol. The molecule has 4 nitrogen and oxygen atoms in total. The lowest BCUT2D eigenvalue weighted by Gasteiger charge is -1.96. The van der Waals surface area contributed by atoms with Crippen molar-refractivity contribution in [1.82, 2.24) is 10.1 Å². The van der Waals surface area contributed by atoms with Crippen molar-refractivity contribution in [2.45, 2.75) is 18.4 Å². The molecule has 0 radical (unpaired) electrons. The van der Waals surface area contributed by atoms with E-state index in [-0.39, 0.29) is 0 Å². The highest BCUT2D eigenvalue weighted by molar-refractivity contribution is 7.83. The van der Waals surface area contributed by atoms with E-state index in [9.17, 15) is 4.21 Å². The molecule has 0 aliphatic carbocycles.